The fourth-order valence-corrected chi connectivity index (χ4v) is 7.03. The number of likely N-dealkylation sites (N-methyl/N-ethyl adjacent to an activating group) is 2. The molecule has 1 fully saturated rings. The summed E-state index contributed by atoms with van der Waals surface area (Å²) in [6.45, 7) is 7.90. The molecule has 2 aromatic carbocycles. The zero-order valence-corrected chi connectivity index (χ0v) is 26.6. The molecular formula is C28H39ClN4O6S2. The molecule has 2 heterocycles. The SMILES string of the molecule is CCN(CC)CCN(C(=O)c1ccc(S(=O)(=O)N(C)CC2CCCO2)cc1)c1nc2c(OC)ccc(OC)c2s1.Cl. The van der Waals surface area contributed by atoms with E-state index in [4.69, 9.17) is 19.2 Å². The maximum atomic E-state index is 13.9. The van der Waals surface area contributed by atoms with Gasteiger partial charge in [-0.25, -0.2) is 13.4 Å². The van der Waals surface area contributed by atoms with Crippen molar-refractivity contribution in [2.45, 2.75) is 37.7 Å². The van der Waals surface area contributed by atoms with Crippen molar-refractivity contribution < 1.29 is 27.4 Å². The molecule has 0 spiro atoms. The Hall–Kier alpha value is -2.48. The Balaban J connectivity index is 0.00000462. The van der Waals surface area contributed by atoms with Crippen LogP contribution in [0.15, 0.2) is 41.3 Å². The molecule has 1 atom stereocenters. The monoisotopic (exact) mass is 626 g/mol. The number of halogens is 1. The van der Waals surface area contributed by atoms with Crippen LogP contribution in [0.3, 0.4) is 0 Å². The highest BCUT2D eigenvalue weighted by atomic mass is 35.5. The van der Waals surface area contributed by atoms with Crippen molar-refractivity contribution in [1.82, 2.24) is 14.2 Å². The van der Waals surface area contributed by atoms with Crippen molar-refractivity contribution in [2.75, 3.05) is 65.5 Å². The summed E-state index contributed by atoms with van der Waals surface area (Å²) in [5, 5.41) is 0.517. The van der Waals surface area contributed by atoms with Gasteiger partial charge in [-0.05, 0) is 62.3 Å². The molecule has 1 saturated heterocycles. The second kappa shape index (κ2) is 14.6. The lowest BCUT2D eigenvalue weighted by Crippen LogP contribution is -2.39. The van der Waals surface area contributed by atoms with Gasteiger partial charge in [0, 0.05) is 38.9 Å². The number of sulfonamides is 1. The minimum atomic E-state index is -3.72. The molecule has 0 saturated carbocycles. The predicted octanol–water partition coefficient (Wildman–Crippen LogP) is 4.52. The van der Waals surface area contributed by atoms with Gasteiger partial charge in [0.05, 0.1) is 25.2 Å². The van der Waals surface area contributed by atoms with Crippen LogP contribution in [0.1, 0.15) is 37.0 Å². The van der Waals surface area contributed by atoms with Crippen molar-refractivity contribution >= 4 is 55.0 Å². The summed E-state index contributed by atoms with van der Waals surface area (Å²) < 4.78 is 45.1. The van der Waals surface area contributed by atoms with Crippen LogP contribution in [0.4, 0.5) is 5.13 Å². The zero-order valence-electron chi connectivity index (χ0n) is 24.2. The quantitative estimate of drug-likeness (QED) is 0.273. The lowest BCUT2D eigenvalue weighted by Gasteiger charge is -2.25. The standard InChI is InChI=1S/C28H38N4O6S2.ClH/c1-6-31(7-2)16-17-32(28-29-25-23(36-4)14-15-24(37-5)26(25)39-28)27(33)20-10-12-22(13-11-20)40(34,35)30(3)19-21-9-8-18-38-21;/h10-15,21H,6-9,16-19H2,1-5H3;1H. The molecule has 0 aliphatic carbocycles. The van der Waals surface area contributed by atoms with E-state index < -0.39 is 10.0 Å². The third-order valence-corrected chi connectivity index (χ3v) is 10.1. The minimum absolute atomic E-state index is 0. The van der Waals surface area contributed by atoms with Gasteiger partial charge >= 0.3 is 0 Å². The molecule has 3 aromatic rings. The van der Waals surface area contributed by atoms with Gasteiger partial charge in [-0.1, -0.05) is 25.2 Å². The number of carbonyl (C=O) groups excluding carboxylic acids is 1. The van der Waals surface area contributed by atoms with Crippen molar-refractivity contribution in [3.63, 3.8) is 0 Å². The number of methoxy groups -OCH3 is 2. The second-order valence-electron chi connectivity index (χ2n) is 9.57. The molecule has 41 heavy (non-hydrogen) atoms. The number of aromatic nitrogens is 1. The van der Waals surface area contributed by atoms with Gasteiger partial charge in [-0.2, -0.15) is 4.31 Å². The van der Waals surface area contributed by atoms with Crippen molar-refractivity contribution in [3.05, 3.63) is 42.0 Å². The lowest BCUT2D eigenvalue weighted by molar-refractivity contribution is 0.0978. The van der Waals surface area contributed by atoms with E-state index in [1.165, 1.54) is 27.8 Å². The van der Waals surface area contributed by atoms with Gasteiger partial charge in [0.25, 0.3) is 5.91 Å². The van der Waals surface area contributed by atoms with E-state index in [9.17, 15) is 13.2 Å². The van der Waals surface area contributed by atoms with Gasteiger partial charge in [0.1, 0.15) is 21.7 Å². The van der Waals surface area contributed by atoms with Gasteiger partial charge in [-0.3, -0.25) is 9.69 Å². The molecule has 1 unspecified atom stereocenters. The van der Waals surface area contributed by atoms with Gasteiger partial charge in [-0.15, -0.1) is 12.4 Å². The summed E-state index contributed by atoms with van der Waals surface area (Å²) in [6.07, 6.45) is 1.69. The van der Waals surface area contributed by atoms with Crippen LogP contribution in [0.2, 0.25) is 0 Å². The summed E-state index contributed by atoms with van der Waals surface area (Å²) in [5.74, 6) is 0.981. The van der Waals surface area contributed by atoms with Crippen LogP contribution < -0.4 is 14.4 Å². The average Bonchev–Trinajstić information content (AvgIpc) is 3.65. The molecule has 1 aromatic heterocycles. The smallest absolute Gasteiger partial charge is 0.260 e. The fourth-order valence-electron chi connectivity index (χ4n) is 4.73. The molecular weight excluding hydrogens is 588 g/mol. The normalized spacial score (nSPS) is 15.3. The van der Waals surface area contributed by atoms with Crippen LogP contribution in [0, 0.1) is 0 Å². The van der Waals surface area contributed by atoms with E-state index in [-0.39, 0.29) is 29.3 Å². The molecule has 1 aliphatic rings. The summed E-state index contributed by atoms with van der Waals surface area (Å²) >= 11 is 1.36. The third-order valence-electron chi connectivity index (χ3n) is 7.20. The molecule has 0 bridgehead atoms. The number of ether oxygens (including phenoxy) is 3. The minimum Gasteiger partial charge on any atom is -0.495 e. The van der Waals surface area contributed by atoms with Gasteiger partial charge in [0.15, 0.2) is 5.13 Å². The number of thiazole rings is 1. The van der Waals surface area contributed by atoms with E-state index in [2.05, 4.69) is 18.7 Å². The first-order valence-electron chi connectivity index (χ1n) is 13.5. The predicted molar refractivity (Wildman–Crippen MR) is 165 cm³/mol. The molecule has 1 aliphatic heterocycles. The maximum absolute atomic E-state index is 13.9. The first-order chi connectivity index (χ1) is 19.2. The van der Waals surface area contributed by atoms with Gasteiger partial charge in [0.2, 0.25) is 10.0 Å². The lowest BCUT2D eigenvalue weighted by atomic mass is 10.2. The summed E-state index contributed by atoms with van der Waals surface area (Å²) in [6, 6.07) is 9.72. The first-order valence-corrected chi connectivity index (χ1v) is 15.7. The fraction of sp³-hybridized carbons (Fsp3) is 0.500. The number of benzene rings is 2. The number of fused-ring (bicyclic) bond motifs is 1. The van der Waals surface area contributed by atoms with E-state index >= 15 is 0 Å². The average molecular weight is 627 g/mol. The Labute approximate surface area is 252 Å². The van der Waals surface area contributed by atoms with Crippen molar-refractivity contribution in [2.24, 2.45) is 0 Å². The number of hydrogen-bond acceptors (Lipinski definition) is 9. The highest BCUT2D eigenvalue weighted by Gasteiger charge is 2.28. The van der Waals surface area contributed by atoms with E-state index in [1.807, 2.05) is 6.07 Å². The Bertz CT molecular complexity index is 1370. The topological polar surface area (TPSA) is 102 Å². The molecule has 1 amide bonds. The number of carbonyl (C=O) groups is 1. The summed E-state index contributed by atoms with van der Waals surface area (Å²) in [5.41, 5.74) is 0.997. The zero-order chi connectivity index (χ0) is 28.9. The number of hydrogen-bond donors (Lipinski definition) is 0. The van der Waals surface area contributed by atoms with Crippen LogP contribution in [-0.2, 0) is 14.8 Å². The first kappa shape index (κ1) is 33.0. The summed E-state index contributed by atoms with van der Waals surface area (Å²) in [7, 11) is 1.01. The number of anilines is 1. The van der Waals surface area contributed by atoms with Crippen LogP contribution >= 0.6 is 23.7 Å². The summed E-state index contributed by atoms with van der Waals surface area (Å²) in [4.78, 5) is 22.7. The Morgan fingerprint density at radius 3 is 2.29 bits per heavy atom. The van der Waals surface area contributed by atoms with Crippen LogP contribution in [-0.4, -0.2) is 95.2 Å². The maximum Gasteiger partial charge on any atom is 0.260 e. The van der Waals surface area contributed by atoms with E-state index in [0.29, 0.717) is 54.0 Å². The molecule has 13 heteroatoms. The highest BCUT2D eigenvalue weighted by molar-refractivity contribution is 7.89. The van der Waals surface area contributed by atoms with Crippen LogP contribution in [0.5, 0.6) is 11.5 Å². The number of amides is 1. The number of nitrogens with zero attached hydrogens (tertiary/aromatic N) is 4. The molecule has 10 nitrogen and oxygen atoms in total. The second-order valence-corrected chi connectivity index (χ2v) is 12.6. The Kier molecular flexibility index (Phi) is 11.8. The third kappa shape index (κ3) is 7.30. The van der Waals surface area contributed by atoms with Crippen molar-refractivity contribution in [3.8, 4) is 11.5 Å². The molecule has 0 N–H and O–H groups in total. The Morgan fingerprint density at radius 2 is 1.71 bits per heavy atom. The largest absolute Gasteiger partial charge is 0.495 e. The molecule has 0 radical (unpaired) electrons. The molecule has 226 valence electrons. The van der Waals surface area contributed by atoms with Gasteiger partial charge < -0.3 is 19.1 Å². The highest BCUT2D eigenvalue weighted by Crippen LogP contribution is 2.40. The van der Waals surface area contributed by atoms with Crippen LogP contribution in [0.25, 0.3) is 10.2 Å². The van der Waals surface area contributed by atoms with Crippen molar-refractivity contribution in [1.29, 1.82) is 0 Å². The van der Waals surface area contributed by atoms with E-state index in [0.717, 1.165) is 30.6 Å². The number of rotatable bonds is 13. The Morgan fingerprint density at radius 1 is 1.05 bits per heavy atom. The van der Waals surface area contributed by atoms with E-state index in [1.54, 1.807) is 44.4 Å². The molecule has 4 rings (SSSR count).